The molecule has 10 nitrogen and oxygen atoms in total. The molecule has 3 aromatic rings. The lowest BCUT2D eigenvalue weighted by Crippen LogP contribution is -2.48. The number of halogens is 1. The molecule has 1 aliphatic rings. The van der Waals surface area contributed by atoms with Crippen LogP contribution in [0.1, 0.15) is 6.92 Å². The molecule has 0 aliphatic carbocycles. The Morgan fingerprint density at radius 1 is 1.11 bits per heavy atom. The number of esters is 1. The van der Waals surface area contributed by atoms with E-state index in [0.717, 1.165) is 41.7 Å². The molecule has 0 atom stereocenters. The summed E-state index contributed by atoms with van der Waals surface area (Å²) in [7, 11) is 1.55. The van der Waals surface area contributed by atoms with Gasteiger partial charge in [-0.15, -0.1) is 0 Å². The van der Waals surface area contributed by atoms with E-state index >= 15 is 0 Å². The molecule has 2 N–H and O–H groups in total. The molecule has 38 heavy (non-hydrogen) atoms. The first-order valence-electron chi connectivity index (χ1n) is 12.4. The molecule has 0 radical (unpaired) electrons. The summed E-state index contributed by atoms with van der Waals surface area (Å²) in [6.45, 7) is 6.37. The number of amides is 1. The van der Waals surface area contributed by atoms with Crippen molar-refractivity contribution in [2.75, 3.05) is 63.6 Å². The minimum Gasteiger partial charge on any atom is -0.494 e. The molecule has 0 bridgehead atoms. The topological polar surface area (TPSA) is 109 Å². The minimum absolute atomic E-state index is 0.191. The highest BCUT2D eigenvalue weighted by Crippen LogP contribution is 2.33. The second-order valence-electron chi connectivity index (χ2n) is 8.70. The standard InChI is InChI=1S/C27H31BrN6O4/c1-3-38-26(36)17-34-12-10-33(11-13-34)9-5-8-25(35)32-23-15-21-22(16-24(23)37-2)29-18-30-27(21)31-20-7-4-6-19(28)14-20/h4-8,14-16,18H,3,9-13,17H2,1-2H3,(H,32,35)(H,29,30,31). The Kier molecular flexibility index (Phi) is 9.63. The molecule has 2 aromatic carbocycles. The second kappa shape index (κ2) is 13.3. The van der Waals surface area contributed by atoms with Crippen molar-refractivity contribution >= 4 is 55.9 Å². The third-order valence-electron chi connectivity index (χ3n) is 6.06. The number of fused-ring (bicyclic) bond motifs is 1. The van der Waals surface area contributed by atoms with Crippen molar-refractivity contribution in [3.05, 3.63) is 59.4 Å². The summed E-state index contributed by atoms with van der Waals surface area (Å²) >= 11 is 3.48. The van der Waals surface area contributed by atoms with Crippen LogP contribution in [0.4, 0.5) is 17.2 Å². The number of carbonyl (C=O) groups excluding carboxylic acids is 2. The van der Waals surface area contributed by atoms with Crippen LogP contribution in [0.25, 0.3) is 10.9 Å². The molecular formula is C27H31BrN6O4. The van der Waals surface area contributed by atoms with Crippen molar-refractivity contribution in [2.45, 2.75) is 6.92 Å². The van der Waals surface area contributed by atoms with Crippen LogP contribution in [-0.4, -0.2) is 84.6 Å². The van der Waals surface area contributed by atoms with Crippen LogP contribution in [0.5, 0.6) is 5.75 Å². The van der Waals surface area contributed by atoms with Crippen molar-refractivity contribution < 1.29 is 19.1 Å². The van der Waals surface area contributed by atoms with Crippen molar-refractivity contribution in [1.29, 1.82) is 0 Å². The molecule has 0 spiro atoms. The van der Waals surface area contributed by atoms with Gasteiger partial charge in [0.25, 0.3) is 0 Å². The van der Waals surface area contributed by atoms with Gasteiger partial charge in [-0.1, -0.05) is 28.1 Å². The molecule has 1 fully saturated rings. The van der Waals surface area contributed by atoms with Gasteiger partial charge in [-0.25, -0.2) is 9.97 Å². The molecule has 11 heteroatoms. The molecular weight excluding hydrogens is 552 g/mol. The molecule has 0 unspecified atom stereocenters. The van der Waals surface area contributed by atoms with E-state index in [9.17, 15) is 9.59 Å². The molecule has 1 saturated heterocycles. The minimum atomic E-state index is -0.262. The van der Waals surface area contributed by atoms with Gasteiger partial charge in [-0.2, -0.15) is 0 Å². The van der Waals surface area contributed by atoms with E-state index in [4.69, 9.17) is 9.47 Å². The maximum absolute atomic E-state index is 12.7. The zero-order valence-electron chi connectivity index (χ0n) is 21.4. The number of hydrogen-bond acceptors (Lipinski definition) is 9. The van der Waals surface area contributed by atoms with Crippen LogP contribution in [0.15, 0.2) is 59.4 Å². The summed E-state index contributed by atoms with van der Waals surface area (Å²) in [6.07, 6.45) is 4.85. The predicted molar refractivity (Wildman–Crippen MR) is 151 cm³/mol. The lowest BCUT2D eigenvalue weighted by atomic mass is 10.1. The van der Waals surface area contributed by atoms with E-state index in [-0.39, 0.29) is 11.9 Å². The number of rotatable bonds is 10. The van der Waals surface area contributed by atoms with E-state index in [1.807, 2.05) is 43.3 Å². The summed E-state index contributed by atoms with van der Waals surface area (Å²) in [6, 6.07) is 11.4. The first kappa shape index (κ1) is 27.5. The average molecular weight is 583 g/mol. The van der Waals surface area contributed by atoms with Gasteiger partial charge in [0.2, 0.25) is 5.91 Å². The fourth-order valence-corrected chi connectivity index (χ4v) is 4.55. The number of aromatic nitrogens is 2. The third-order valence-corrected chi connectivity index (χ3v) is 6.55. The van der Waals surface area contributed by atoms with E-state index in [2.05, 4.69) is 46.3 Å². The van der Waals surface area contributed by atoms with Crippen LogP contribution in [0, 0.1) is 0 Å². The lowest BCUT2D eigenvalue weighted by molar-refractivity contribution is -0.144. The number of anilines is 3. The van der Waals surface area contributed by atoms with Gasteiger partial charge in [-0.3, -0.25) is 19.4 Å². The Morgan fingerprint density at radius 2 is 1.89 bits per heavy atom. The highest BCUT2D eigenvalue weighted by atomic mass is 79.9. The Labute approximate surface area is 230 Å². The molecule has 2 heterocycles. The van der Waals surface area contributed by atoms with E-state index in [0.29, 0.717) is 42.5 Å². The number of benzene rings is 2. The van der Waals surface area contributed by atoms with Crippen LogP contribution < -0.4 is 15.4 Å². The molecule has 1 aromatic heterocycles. The predicted octanol–water partition coefficient (Wildman–Crippen LogP) is 3.82. The number of carbonyl (C=O) groups is 2. The smallest absolute Gasteiger partial charge is 0.320 e. The van der Waals surface area contributed by atoms with Crippen molar-refractivity contribution in [3.63, 3.8) is 0 Å². The summed E-state index contributed by atoms with van der Waals surface area (Å²) in [4.78, 5) is 37.5. The summed E-state index contributed by atoms with van der Waals surface area (Å²) in [5, 5.41) is 6.97. The van der Waals surface area contributed by atoms with Crippen molar-refractivity contribution in [1.82, 2.24) is 19.8 Å². The number of methoxy groups -OCH3 is 1. The Morgan fingerprint density at radius 3 is 2.63 bits per heavy atom. The van der Waals surface area contributed by atoms with Gasteiger partial charge in [0, 0.05) is 60.4 Å². The quantitative estimate of drug-likeness (QED) is 0.272. The maximum atomic E-state index is 12.7. The Bertz CT molecular complexity index is 1310. The second-order valence-corrected chi connectivity index (χ2v) is 9.62. The van der Waals surface area contributed by atoms with E-state index < -0.39 is 0 Å². The van der Waals surface area contributed by atoms with Gasteiger partial charge < -0.3 is 20.1 Å². The van der Waals surface area contributed by atoms with Crippen LogP contribution in [0.2, 0.25) is 0 Å². The van der Waals surface area contributed by atoms with Crippen LogP contribution in [-0.2, 0) is 14.3 Å². The SMILES string of the molecule is CCOC(=O)CN1CCN(CC=CC(=O)Nc2cc3c(Nc4cccc(Br)c4)ncnc3cc2OC)CC1. The summed E-state index contributed by atoms with van der Waals surface area (Å²) < 4.78 is 11.5. The van der Waals surface area contributed by atoms with E-state index in [1.165, 1.54) is 12.4 Å². The van der Waals surface area contributed by atoms with Gasteiger partial charge in [-0.05, 0) is 31.2 Å². The number of nitrogens with zero attached hydrogens (tertiary/aromatic N) is 4. The van der Waals surface area contributed by atoms with Crippen molar-refractivity contribution in [3.8, 4) is 5.75 Å². The highest BCUT2D eigenvalue weighted by Gasteiger charge is 2.19. The normalized spacial score (nSPS) is 14.5. The number of hydrogen-bond donors (Lipinski definition) is 2. The first-order chi connectivity index (χ1) is 18.4. The summed E-state index contributed by atoms with van der Waals surface area (Å²) in [5.74, 6) is 0.666. The number of nitrogens with one attached hydrogen (secondary N) is 2. The first-order valence-corrected chi connectivity index (χ1v) is 13.2. The highest BCUT2D eigenvalue weighted by molar-refractivity contribution is 9.10. The van der Waals surface area contributed by atoms with Crippen LogP contribution >= 0.6 is 15.9 Å². The Hall–Kier alpha value is -3.54. The zero-order valence-corrected chi connectivity index (χ0v) is 23.0. The Balaban J connectivity index is 1.38. The van der Waals surface area contributed by atoms with Gasteiger partial charge in [0.15, 0.2) is 0 Å². The fourth-order valence-electron chi connectivity index (χ4n) is 4.16. The number of piperazine rings is 1. The van der Waals surface area contributed by atoms with Gasteiger partial charge in [0.05, 0.1) is 31.5 Å². The molecule has 4 rings (SSSR count). The third kappa shape index (κ3) is 7.50. The molecule has 200 valence electrons. The molecule has 1 aliphatic heterocycles. The van der Waals surface area contributed by atoms with Gasteiger partial charge in [0.1, 0.15) is 17.9 Å². The lowest BCUT2D eigenvalue weighted by Gasteiger charge is -2.33. The van der Waals surface area contributed by atoms with Crippen LogP contribution in [0.3, 0.4) is 0 Å². The molecule has 1 amide bonds. The maximum Gasteiger partial charge on any atom is 0.320 e. The number of ether oxygens (including phenoxy) is 2. The van der Waals surface area contributed by atoms with E-state index in [1.54, 1.807) is 13.2 Å². The average Bonchev–Trinajstić information content (AvgIpc) is 2.90. The monoisotopic (exact) mass is 582 g/mol. The van der Waals surface area contributed by atoms with Crippen molar-refractivity contribution in [2.24, 2.45) is 0 Å². The van der Waals surface area contributed by atoms with Gasteiger partial charge >= 0.3 is 5.97 Å². The molecule has 0 saturated carbocycles. The fraction of sp³-hybridized carbons (Fsp3) is 0.333. The zero-order chi connectivity index (χ0) is 26.9. The summed E-state index contributed by atoms with van der Waals surface area (Å²) in [5.41, 5.74) is 2.07. The largest absolute Gasteiger partial charge is 0.494 e.